The average Bonchev–Trinajstić information content (AvgIpc) is 2.61. The van der Waals surface area contributed by atoms with Crippen LogP contribution in [0.15, 0.2) is 24.3 Å². The van der Waals surface area contributed by atoms with Gasteiger partial charge in [-0.1, -0.05) is 26.0 Å². The van der Waals surface area contributed by atoms with Gasteiger partial charge in [-0.25, -0.2) is 0 Å². The zero-order valence-electron chi connectivity index (χ0n) is 12.1. The first-order valence-corrected chi connectivity index (χ1v) is 6.75. The van der Waals surface area contributed by atoms with Crippen molar-refractivity contribution in [1.29, 1.82) is 0 Å². The third-order valence-corrected chi connectivity index (χ3v) is 3.76. The first-order chi connectivity index (χ1) is 8.81. The van der Waals surface area contributed by atoms with Gasteiger partial charge in [0.05, 0.1) is 6.54 Å². The highest BCUT2D eigenvalue weighted by atomic mass is 16.2. The Morgan fingerprint density at radius 1 is 1.21 bits per heavy atom. The first kappa shape index (κ1) is 13.8. The molecule has 19 heavy (non-hydrogen) atoms. The van der Waals surface area contributed by atoms with E-state index in [1.807, 2.05) is 38.1 Å². The molecule has 0 saturated carbocycles. The summed E-state index contributed by atoms with van der Waals surface area (Å²) >= 11 is 0. The summed E-state index contributed by atoms with van der Waals surface area (Å²) in [5.74, 6) is 0.539. The van der Waals surface area contributed by atoms with Crippen molar-refractivity contribution in [3.63, 3.8) is 0 Å². The van der Waals surface area contributed by atoms with Crippen LogP contribution in [0.3, 0.4) is 0 Å². The Kier molecular flexibility index (Phi) is 3.48. The van der Waals surface area contributed by atoms with E-state index < -0.39 is 0 Å². The molecule has 2 rings (SSSR count). The molecule has 1 aliphatic rings. The van der Waals surface area contributed by atoms with E-state index in [2.05, 4.69) is 13.8 Å². The van der Waals surface area contributed by atoms with Crippen molar-refractivity contribution in [2.45, 2.75) is 45.6 Å². The van der Waals surface area contributed by atoms with Gasteiger partial charge in [0.25, 0.3) is 5.91 Å². The molecule has 0 atom stereocenters. The molecule has 1 aromatic carbocycles. The van der Waals surface area contributed by atoms with E-state index in [4.69, 9.17) is 0 Å². The standard InChI is InChI=1S/C16H21NO2/c1-11(2)12-5-7-13(8-6-12)15(19)17-10-14(18)9-16(17,3)4/h5-8,11H,9-10H2,1-4H3. The van der Waals surface area contributed by atoms with Gasteiger partial charge in [-0.05, 0) is 37.5 Å². The molecule has 1 aliphatic heterocycles. The Hall–Kier alpha value is -1.64. The van der Waals surface area contributed by atoms with Gasteiger partial charge < -0.3 is 4.90 Å². The molecule has 3 heteroatoms. The van der Waals surface area contributed by atoms with Crippen molar-refractivity contribution in [2.24, 2.45) is 0 Å². The molecular weight excluding hydrogens is 238 g/mol. The van der Waals surface area contributed by atoms with Crippen molar-refractivity contribution in [3.8, 4) is 0 Å². The van der Waals surface area contributed by atoms with Crippen LogP contribution in [0.1, 0.15) is 56.0 Å². The van der Waals surface area contributed by atoms with Gasteiger partial charge in [0.1, 0.15) is 0 Å². The number of amides is 1. The van der Waals surface area contributed by atoms with Gasteiger partial charge in [0.2, 0.25) is 0 Å². The number of rotatable bonds is 2. The molecule has 1 heterocycles. The number of Topliss-reactive ketones (excluding diaryl/α,β-unsaturated/α-hetero) is 1. The summed E-state index contributed by atoms with van der Waals surface area (Å²) in [5, 5.41) is 0. The Labute approximate surface area is 114 Å². The predicted octanol–water partition coefficient (Wildman–Crippen LogP) is 3.00. The lowest BCUT2D eigenvalue weighted by Crippen LogP contribution is -2.42. The van der Waals surface area contributed by atoms with Crippen molar-refractivity contribution >= 4 is 11.7 Å². The minimum Gasteiger partial charge on any atom is -0.326 e. The summed E-state index contributed by atoms with van der Waals surface area (Å²) in [6.45, 7) is 8.37. The molecule has 0 radical (unpaired) electrons. The monoisotopic (exact) mass is 259 g/mol. The zero-order valence-corrected chi connectivity index (χ0v) is 12.1. The summed E-state index contributed by atoms with van der Waals surface area (Å²) in [6, 6.07) is 7.69. The van der Waals surface area contributed by atoms with Gasteiger partial charge in [-0.3, -0.25) is 9.59 Å². The lowest BCUT2D eigenvalue weighted by atomic mass is 9.99. The molecular formula is C16H21NO2. The average molecular weight is 259 g/mol. The van der Waals surface area contributed by atoms with Crippen LogP contribution in [0.25, 0.3) is 0 Å². The van der Waals surface area contributed by atoms with Gasteiger partial charge in [-0.15, -0.1) is 0 Å². The number of hydrogen-bond donors (Lipinski definition) is 0. The van der Waals surface area contributed by atoms with Crippen LogP contribution in [0.2, 0.25) is 0 Å². The molecule has 1 aromatic rings. The molecule has 0 aliphatic carbocycles. The summed E-state index contributed by atoms with van der Waals surface area (Å²) in [7, 11) is 0. The van der Waals surface area contributed by atoms with E-state index in [1.165, 1.54) is 5.56 Å². The van der Waals surface area contributed by atoms with Crippen LogP contribution in [0.4, 0.5) is 0 Å². The fourth-order valence-electron chi connectivity index (χ4n) is 2.54. The Bertz CT molecular complexity index is 500. The number of hydrogen-bond acceptors (Lipinski definition) is 2. The Morgan fingerprint density at radius 2 is 1.79 bits per heavy atom. The maximum atomic E-state index is 12.5. The largest absolute Gasteiger partial charge is 0.326 e. The quantitative estimate of drug-likeness (QED) is 0.818. The van der Waals surface area contributed by atoms with Crippen molar-refractivity contribution in [1.82, 2.24) is 4.90 Å². The van der Waals surface area contributed by atoms with E-state index in [9.17, 15) is 9.59 Å². The second-order valence-electron chi connectivity index (χ2n) is 6.20. The van der Waals surface area contributed by atoms with Gasteiger partial charge in [-0.2, -0.15) is 0 Å². The van der Waals surface area contributed by atoms with Gasteiger partial charge in [0, 0.05) is 17.5 Å². The molecule has 102 valence electrons. The van der Waals surface area contributed by atoms with Crippen molar-refractivity contribution in [3.05, 3.63) is 35.4 Å². The van der Waals surface area contributed by atoms with E-state index >= 15 is 0 Å². The van der Waals surface area contributed by atoms with Crippen LogP contribution in [0, 0.1) is 0 Å². The lowest BCUT2D eigenvalue weighted by Gasteiger charge is -2.30. The predicted molar refractivity (Wildman–Crippen MR) is 75.3 cm³/mol. The molecule has 1 saturated heterocycles. The van der Waals surface area contributed by atoms with Crippen molar-refractivity contribution in [2.75, 3.05) is 6.54 Å². The fourth-order valence-corrected chi connectivity index (χ4v) is 2.54. The van der Waals surface area contributed by atoms with E-state index in [0.717, 1.165) is 0 Å². The molecule has 1 fully saturated rings. The topological polar surface area (TPSA) is 37.4 Å². The number of nitrogens with zero attached hydrogens (tertiary/aromatic N) is 1. The van der Waals surface area contributed by atoms with Crippen molar-refractivity contribution < 1.29 is 9.59 Å². The van der Waals surface area contributed by atoms with Crippen LogP contribution in [-0.4, -0.2) is 28.7 Å². The van der Waals surface area contributed by atoms with E-state index in [1.54, 1.807) is 4.90 Å². The molecule has 0 unspecified atom stereocenters. The van der Waals surface area contributed by atoms with Crippen LogP contribution in [0.5, 0.6) is 0 Å². The zero-order chi connectivity index (χ0) is 14.2. The highest BCUT2D eigenvalue weighted by Crippen LogP contribution is 2.28. The molecule has 1 amide bonds. The van der Waals surface area contributed by atoms with Crippen LogP contribution >= 0.6 is 0 Å². The number of carbonyl (C=O) groups is 2. The Balaban J connectivity index is 2.22. The minimum atomic E-state index is -0.370. The second kappa shape index (κ2) is 4.80. The highest BCUT2D eigenvalue weighted by Gasteiger charge is 2.40. The fraction of sp³-hybridized carbons (Fsp3) is 0.500. The summed E-state index contributed by atoms with van der Waals surface area (Å²) in [6.07, 6.45) is 0.447. The summed E-state index contributed by atoms with van der Waals surface area (Å²) < 4.78 is 0. The molecule has 0 spiro atoms. The molecule has 0 aromatic heterocycles. The smallest absolute Gasteiger partial charge is 0.254 e. The molecule has 0 N–H and O–H groups in total. The number of ketones is 1. The SMILES string of the molecule is CC(C)c1ccc(C(=O)N2CC(=O)CC2(C)C)cc1. The normalized spacial score (nSPS) is 18.2. The Morgan fingerprint density at radius 3 is 2.21 bits per heavy atom. The summed E-state index contributed by atoms with van der Waals surface area (Å²) in [4.78, 5) is 25.7. The molecule has 3 nitrogen and oxygen atoms in total. The second-order valence-corrected chi connectivity index (χ2v) is 6.20. The summed E-state index contributed by atoms with van der Waals surface area (Å²) in [5.41, 5.74) is 1.51. The highest BCUT2D eigenvalue weighted by molar-refractivity contribution is 5.99. The first-order valence-electron chi connectivity index (χ1n) is 6.75. The van der Waals surface area contributed by atoms with Gasteiger partial charge >= 0.3 is 0 Å². The van der Waals surface area contributed by atoms with E-state index in [0.29, 0.717) is 17.9 Å². The van der Waals surface area contributed by atoms with E-state index in [-0.39, 0.29) is 23.8 Å². The number of benzene rings is 1. The van der Waals surface area contributed by atoms with Crippen LogP contribution in [-0.2, 0) is 4.79 Å². The number of carbonyl (C=O) groups excluding carboxylic acids is 2. The molecule has 0 bridgehead atoms. The minimum absolute atomic E-state index is 0.0499. The third-order valence-electron chi connectivity index (χ3n) is 3.76. The van der Waals surface area contributed by atoms with Crippen LogP contribution < -0.4 is 0 Å². The maximum absolute atomic E-state index is 12.5. The van der Waals surface area contributed by atoms with Gasteiger partial charge in [0.15, 0.2) is 5.78 Å². The number of likely N-dealkylation sites (tertiary alicyclic amines) is 1. The lowest BCUT2D eigenvalue weighted by molar-refractivity contribution is -0.116. The third kappa shape index (κ3) is 2.70. The maximum Gasteiger partial charge on any atom is 0.254 e.